The van der Waals surface area contributed by atoms with Gasteiger partial charge in [-0.05, 0) is 18.2 Å². The van der Waals surface area contributed by atoms with Gasteiger partial charge in [0.05, 0.1) is 5.02 Å². The molecule has 0 saturated carbocycles. The molecular weight excluding hydrogens is 207 g/mol. The lowest BCUT2D eigenvalue weighted by atomic mass is 10.2. The van der Waals surface area contributed by atoms with Crippen LogP contribution in [0, 0.1) is 11.8 Å². The van der Waals surface area contributed by atoms with E-state index < -0.39 is 0 Å². The molecule has 0 atom stereocenters. The van der Waals surface area contributed by atoms with E-state index in [0.717, 1.165) is 0 Å². The van der Waals surface area contributed by atoms with E-state index in [0.29, 0.717) is 22.9 Å². The van der Waals surface area contributed by atoms with Crippen LogP contribution in [0.3, 0.4) is 0 Å². The van der Waals surface area contributed by atoms with Gasteiger partial charge in [0.1, 0.15) is 5.75 Å². The number of phenols is 1. The van der Waals surface area contributed by atoms with Gasteiger partial charge < -0.3 is 5.11 Å². The van der Waals surface area contributed by atoms with E-state index in [1.165, 1.54) is 6.07 Å². The minimum atomic E-state index is 0.146. The SMILES string of the molecule is Oc1ccc(C#CCCCl)c(Cl)c1. The van der Waals surface area contributed by atoms with E-state index in [1.54, 1.807) is 12.1 Å². The standard InChI is InChI=1S/C10H8Cl2O/c11-6-2-1-3-8-4-5-9(13)7-10(8)12/h4-5,7,13H,2,6H2. The summed E-state index contributed by atoms with van der Waals surface area (Å²) >= 11 is 11.3. The van der Waals surface area contributed by atoms with Gasteiger partial charge in [-0.1, -0.05) is 23.4 Å². The second-order valence-corrected chi connectivity index (χ2v) is 3.19. The smallest absolute Gasteiger partial charge is 0.117 e. The van der Waals surface area contributed by atoms with Crippen LogP contribution in [-0.2, 0) is 0 Å². The van der Waals surface area contributed by atoms with Crippen LogP contribution in [-0.4, -0.2) is 11.0 Å². The van der Waals surface area contributed by atoms with Crippen LogP contribution < -0.4 is 0 Å². The molecule has 0 aromatic heterocycles. The van der Waals surface area contributed by atoms with Gasteiger partial charge in [-0.2, -0.15) is 0 Å². The first-order chi connectivity index (χ1) is 6.24. The first-order valence-electron chi connectivity index (χ1n) is 3.77. The van der Waals surface area contributed by atoms with Crippen LogP contribution >= 0.6 is 23.2 Å². The average molecular weight is 215 g/mol. The number of rotatable bonds is 1. The predicted octanol–water partition coefficient (Wildman–Crippen LogP) is 3.03. The molecule has 0 aliphatic carbocycles. The molecule has 1 aromatic carbocycles. The molecular formula is C10H8Cl2O. The second kappa shape index (κ2) is 5.01. The molecule has 1 nitrogen and oxygen atoms in total. The Kier molecular flexibility index (Phi) is 3.95. The summed E-state index contributed by atoms with van der Waals surface area (Å²) < 4.78 is 0. The third-order valence-electron chi connectivity index (χ3n) is 1.40. The summed E-state index contributed by atoms with van der Waals surface area (Å²) in [5.41, 5.74) is 0.713. The molecule has 0 spiro atoms. The highest BCUT2D eigenvalue weighted by molar-refractivity contribution is 6.31. The Morgan fingerprint density at radius 2 is 2.15 bits per heavy atom. The third-order valence-corrected chi connectivity index (χ3v) is 1.90. The Morgan fingerprint density at radius 3 is 2.77 bits per heavy atom. The van der Waals surface area contributed by atoms with Gasteiger partial charge >= 0.3 is 0 Å². The van der Waals surface area contributed by atoms with Gasteiger partial charge in [0.2, 0.25) is 0 Å². The van der Waals surface area contributed by atoms with Gasteiger partial charge in [-0.15, -0.1) is 11.6 Å². The molecule has 0 fully saturated rings. The maximum Gasteiger partial charge on any atom is 0.117 e. The van der Waals surface area contributed by atoms with Crippen LogP contribution in [0.4, 0.5) is 0 Å². The van der Waals surface area contributed by atoms with Crippen molar-refractivity contribution in [1.82, 2.24) is 0 Å². The summed E-state index contributed by atoms with van der Waals surface area (Å²) in [7, 11) is 0. The first kappa shape index (κ1) is 10.2. The summed E-state index contributed by atoms with van der Waals surface area (Å²) in [6.45, 7) is 0. The normalized spacial score (nSPS) is 9.08. The zero-order valence-corrected chi connectivity index (χ0v) is 8.36. The van der Waals surface area contributed by atoms with Crippen LogP contribution in [0.25, 0.3) is 0 Å². The summed E-state index contributed by atoms with van der Waals surface area (Å²) in [6, 6.07) is 4.70. The van der Waals surface area contributed by atoms with Crippen molar-refractivity contribution in [3.05, 3.63) is 28.8 Å². The van der Waals surface area contributed by atoms with E-state index in [1.807, 2.05) is 0 Å². The lowest BCUT2D eigenvalue weighted by molar-refractivity contribution is 0.475. The zero-order valence-electron chi connectivity index (χ0n) is 6.85. The van der Waals surface area contributed by atoms with E-state index in [2.05, 4.69) is 11.8 Å². The minimum Gasteiger partial charge on any atom is -0.508 e. The van der Waals surface area contributed by atoms with Crippen molar-refractivity contribution in [2.45, 2.75) is 6.42 Å². The summed E-state index contributed by atoms with van der Waals surface area (Å²) in [6.07, 6.45) is 0.638. The van der Waals surface area contributed by atoms with Gasteiger partial charge in [-0.3, -0.25) is 0 Å². The molecule has 0 radical (unpaired) electrons. The van der Waals surface area contributed by atoms with Crippen molar-refractivity contribution in [2.24, 2.45) is 0 Å². The Bertz CT molecular complexity index is 350. The Balaban J connectivity index is 2.85. The van der Waals surface area contributed by atoms with Crippen molar-refractivity contribution < 1.29 is 5.11 Å². The van der Waals surface area contributed by atoms with Crippen molar-refractivity contribution in [3.8, 4) is 17.6 Å². The molecule has 13 heavy (non-hydrogen) atoms. The van der Waals surface area contributed by atoms with E-state index in [4.69, 9.17) is 28.3 Å². The molecule has 3 heteroatoms. The van der Waals surface area contributed by atoms with Gasteiger partial charge in [-0.25, -0.2) is 0 Å². The lowest BCUT2D eigenvalue weighted by Crippen LogP contribution is -1.76. The highest BCUT2D eigenvalue weighted by Gasteiger charge is 1.96. The topological polar surface area (TPSA) is 20.2 Å². The van der Waals surface area contributed by atoms with Gasteiger partial charge in [0.15, 0.2) is 0 Å². The average Bonchev–Trinajstić information content (AvgIpc) is 2.09. The van der Waals surface area contributed by atoms with Crippen molar-refractivity contribution in [2.75, 3.05) is 5.88 Å². The monoisotopic (exact) mass is 214 g/mol. The van der Waals surface area contributed by atoms with E-state index >= 15 is 0 Å². The largest absolute Gasteiger partial charge is 0.508 e. The fraction of sp³-hybridized carbons (Fsp3) is 0.200. The fourth-order valence-corrected chi connectivity index (χ4v) is 1.13. The van der Waals surface area contributed by atoms with E-state index in [9.17, 15) is 0 Å². The zero-order chi connectivity index (χ0) is 9.68. The molecule has 0 aliphatic rings. The molecule has 1 aromatic rings. The molecule has 0 bridgehead atoms. The summed E-state index contributed by atoms with van der Waals surface area (Å²) in [4.78, 5) is 0. The van der Waals surface area contributed by atoms with Gasteiger partial charge in [0, 0.05) is 17.9 Å². The van der Waals surface area contributed by atoms with Crippen molar-refractivity contribution in [1.29, 1.82) is 0 Å². The van der Waals surface area contributed by atoms with Crippen LogP contribution in [0.5, 0.6) is 5.75 Å². The maximum atomic E-state index is 9.06. The molecule has 0 amide bonds. The number of benzene rings is 1. The number of hydrogen-bond acceptors (Lipinski definition) is 1. The Hall–Kier alpha value is -0.840. The molecule has 0 aliphatic heterocycles. The van der Waals surface area contributed by atoms with Crippen LogP contribution in [0.2, 0.25) is 5.02 Å². The number of aromatic hydroxyl groups is 1. The molecule has 0 saturated heterocycles. The number of phenolic OH excluding ortho intramolecular Hbond substituents is 1. The molecule has 68 valence electrons. The summed E-state index contributed by atoms with van der Waals surface area (Å²) in [5, 5.41) is 9.52. The second-order valence-electron chi connectivity index (χ2n) is 2.40. The highest BCUT2D eigenvalue weighted by atomic mass is 35.5. The molecule has 1 N–H and O–H groups in total. The van der Waals surface area contributed by atoms with Crippen molar-refractivity contribution >= 4 is 23.2 Å². The van der Waals surface area contributed by atoms with Crippen molar-refractivity contribution in [3.63, 3.8) is 0 Å². The van der Waals surface area contributed by atoms with Crippen LogP contribution in [0.1, 0.15) is 12.0 Å². The molecule has 0 heterocycles. The Labute approximate surface area is 87.3 Å². The predicted molar refractivity (Wildman–Crippen MR) is 55.3 cm³/mol. The minimum absolute atomic E-state index is 0.146. The maximum absolute atomic E-state index is 9.06. The molecule has 1 rings (SSSR count). The molecule has 0 unspecified atom stereocenters. The Morgan fingerprint density at radius 1 is 1.38 bits per heavy atom. The number of hydrogen-bond donors (Lipinski definition) is 1. The first-order valence-corrected chi connectivity index (χ1v) is 4.68. The lowest BCUT2D eigenvalue weighted by Gasteiger charge is -1.95. The highest BCUT2D eigenvalue weighted by Crippen LogP contribution is 2.20. The number of alkyl halides is 1. The van der Waals surface area contributed by atoms with Gasteiger partial charge in [0.25, 0.3) is 0 Å². The van der Waals surface area contributed by atoms with Crippen LogP contribution in [0.15, 0.2) is 18.2 Å². The third kappa shape index (κ3) is 3.18. The van der Waals surface area contributed by atoms with E-state index in [-0.39, 0.29) is 5.75 Å². The quantitative estimate of drug-likeness (QED) is 0.563. The number of halogens is 2. The summed E-state index contributed by atoms with van der Waals surface area (Å²) in [5.74, 6) is 6.39. The fourth-order valence-electron chi connectivity index (χ4n) is 0.810.